The highest BCUT2D eigenvalue weighted by atomic mass is 79.9. The molecule has 0 aliphatic heterocycles. The lowest BCUT2D eigenvalue weighted by Gasteiger charge is -2.09. The maximum atomic E-state index is 12.0. The lowest BCUT2D eigenvalue weighted by atomic mass is 10.1. The molecule has 2 N–H and O–H groups in total. The number of hydrogen-bond acceptors (Lipinski definition) is 3. The van der Waals surface area contributed by atoms with Crippen LogP contribution in [-0.4, -0.2) is 9.97 Å². The summed E-state index contributed by atoms with van der Waals surface area (Å²) < 4.78 is 1.03. The van der Waals surface area contributed by atoms with Crippen LogP contribution < -0.4 is 10.9 Å². The van der Waals surface area contributed by atoms with Crippen LogP contribution in [0.5, 0.6) is 0 Å². The van der Waals surface area contributed by atoms with Crippen molar-refractivity contribution in [1.82, 2.24) is 9.97 Å². The normalized spacial score (nSPS) is 10.8. The van der Waals surface area contributed by atoms with E-state index in [1.54, 1.807) is 6.07 Å². The van der Waals surface area contributed by atoms with Gasteiger partial charge in [0, 0.05) is 11.0 Å². The van der Waals surface area contributed by atoms with Gasteiger partial charge in [0.25, 0.3) is 5.56 Å². The highest BCUT2D eigenvalue weighted by Gasteiger charge is 2.04. The smallest absolute Gasteiger partial charge is 0.260 e. The average molecular weight is 344 g/mol. The number of fused-ring (bicyclic) bond motifs is 1. The van der Waals surface area contributed by atoms with Crippen LogP contribution in [0.3, 0.4) is 0 Å². The van der Waals surface area contributed by atoms with Gasteiger partial charge in [0.1, 0.15) is 0 Å². The van der Waals surface area contributed by atoms with Crippen LogP contribution in [0.4, 0.5) is 5.95 Å². The number of H-pyrrole nitrogens is 1. The van der Waals surface area contributed by atoms with Crippen LogP contribution in [0.1, 0.15) is 11.1 Å². The lowest BCUT2D eigenvalue weighted by Crippen LogP contribution is -2.13. The zero-order valence-electron chi connectivity index (χ0n) is 11.5. The molecular formula is C16H14BrN3O. The summed E-state index contributed by atoms with van der Waals surface area (Å²) in [5.41, 5.74) is 2.90. The summed E-state index contributed by atoms with van der Waals surface area (Å²) in [5.74, 6) is 0.484. The summed E-state index contributed by atoms with van der Waals surface area (Å²) >= 11 is 3.47. The van der Waals surface area contributed by atoms with Gasteiger partial charge in [-0.2, -0.15) is 0 Å². The summed E-state index contributed by atoms with van der Waals surface area (Å²) in [6.07, 6.45) is 0. The molecule has 0 aliphatic carbocycles. The highest BCUT2D eigenvalue weighted by Crippen LogP contribution is 2.17. The molecule has 106 valence electrons. The summed E-state index contributed by atoms with van der Waals surface area (Å²) in [6, 6.07) is 13.4. The standard InChI is InChI=1S/C16H14BrN3O/c1-10-6-7-12(17)8-11(10)9-18-16-19-14-5-3-2-4-13(14)15(21)20-16/h2-8H,9H2,1H3,(H2,18,19,20,21). The fourth-order valence-electron chi connectivity index (χ4n) is 2.18. The minimum atomic E-state index is -0.130. The molecule has 1 aromatic heterocycles. The number of benzene rings is 2. The van der Waals surface area contributed by atoms with Gasteiger partial charge in [-0.25, -0.2) is 4.98 Å². The number of aromatic amines is 1. The molecule has 0 spiro atoms. The topological polar surface area (TPSA) is 57.8 Å². The molecule has 1 heterocycles. The van der Waals surface area contributed by atoms with Gasteiger partial charge < -0.3 is 5.32 Å². The van der Waals surface area contributed by atoms with Crippen LogP contribution in [-0.2, 0) is 6.54 Å². The number of nitrogens with zero attached hydrogens (tertiary/aromatic N) is 1. The van der Waals surface area contributed by atoms with Gasteiger partial charge >= 0.3 is 0 Å². The van der Waals surface area contributed by atoms with Crippen molar-refractivity contribution < 1.29 is 0 Å². The Morgan fingerprint density at radius 1 is 1.24 bits per heavy atom. The fourth-order valence-corrected chi connectivity index (χ4v) is 2.59. The number of halogens is 1. The number of para-hydroxylation sites is 1. The van der Waals surface area contributed by atoms with Crippen molar-refractivity contribution in [1.29, 1.82) is 0 Å². The molecule has 0 aliphatic rings. The van der Waals surface area contributed by atoms with Crippen LogP contribution in [0.15, 0.2) is 51.7 Å². The second-order valence-corrected chi connectivity index (χ2v) is 5.77. The largest absolute Gasteiger partial charge is 0.352 e. The Labute approximate surface area is 130 Å². The molecule has 21 heavy (non-hydrogen) atoms. The van der Waals surface area contributed by atoms with E-state index in [4.69, 9.17) is 0 Å². The first-order valence-corrected chi connectivity index (χ1v) is 7.41. The number of hydrogen-bond donors (Lipinski definition) is 2. The van der Waals surface area contributed by atoms with E-state index < -0.39 is 0 Å². The maximum absolute atomic E-state index is 12.0. The van der Waals surface area contributed by atoms with Gasteiger partial charge in [-0.1, -0.05) is 34.1 Å². The molecule has 0 fully saturated rings. The van der Waals surface area contributed by atoms with Crippen molar-refractivity contribution in [2.45, 2.75) is 13.5 Å². The van der Waals surface area contributed by atoms with Gasteiger partial charge in [-0.05, 0) is 42.3 Å². The predicted molar refractivity (Wildman–Crippen MR) is 88.6 cm³/mol. The third-order valence-corrected chi connectivity index (χ3v) is 3.86. The molecule has 2 aromatic carbocycles. The van der Waals surface area contributed by atoms with Crippen LogP contribution in [0, 0.1) is 6.92 Å². The van der Waals surface area contributed by atoms with Crippen molar-refractivity contribution in [3.8, 4) is 0 Å². The van der Waals surface area contributed by atoms with Crippen molar-refractivity contribution in [3.05, 3.63) is 68.4 Å². The van der Waals surface area contributed by atoms with E-state index in [9.17, 15) is 4.79 Å². The van der Waals surface area contributed by atoms with Gasteiger partial charge in [0.05, 0.1) is 10.9 Å². The average Bonchev–Trinajstić information content (AvgIpc) is 2.48. The second-order valence-electron chi connectivity index (χ2n) is 4.86. The van der Waals surface area contributed by atoms with Crippen molar-refractivity contribution in [2.24, 2.45) is 0 Å². The quantitative estimate of drug-likeness (QED) is 0.763. The van der Waals surface area contributed by atoms with E-state index in [2.05, 4.69) is 50.3 Å². The SMILES string of the molecule is Cc1ccc(Br)cc1CNc1nc2ccccc2c(=O)[nH]1. The molecule has 0 unspecified atom stereocenters. The Morgan fingerprint density at radius 3 is 2.90 bits per heavy atom. The molecule has 0 saturated heterocycles. The zero-order chi connectivity index (χ0) is 14.8. The van der Waals surface area contributed by atoms with Gasteiger partial charge in [-0.15, -0.1) is 0 Å². The summed E-state index contributed by atoms with van der Waals surface area (Å²) in [5, 5.41) is 3.77. The molecule has 0 bridgehead atoms. The number of aromatic nitrogens is 2. The van der Waals surface area contributed by atoms with E-state index in [-0.39, 0.29) is 5.56 Å². The van der Waals surface area contributed by atoms with E-state index in [0.717, 1.165) is 10.0 Å². The molecule has 0 amide bonds. The van der Waals surface area contributed by atoms with Crippen molar-refractivity contribution in [3.63, 3.8) is 0 Å². The number of rotatable bonds is 3. The van der Waals surface area contributed by atoms with E-state index in [1.165, 1.54) is 5.56 Å². The van der Waals surface area contributed by atoms with Crippen LogP contribution >= 0.6 is 15.9 Å². The first-order chi connectivity index (χ1) is 10.1. The van der Waals surface area contributed by atoms with Gasteiger partial charge in [0.15, 0.2) is 0 Å². The molecule has 4 nitrogen and oxygen atoms in total. The Bertz CT molecular complexity index is 858. The van der Waals surface area contributed by atoms with Crippen LogP contribution in [0.2, 0.25) is 0 Å². The monoisotopic (exact) mass is 343 g/mol. The molecule has 0 radical (unpaired) electrons. The first-order valence-electron chi connectivity index (χ1n) is 6.61. The van der Waals surface area contributed by atoms with Gasteiger partial charge in [0.2, 0.25) is 5.95 Å². The third-order valence-electron chi connectivity index (χ3n) is 3.37. The Morgan fingerprint density at radius 2 is 2.05 bits per heavy atom. The Hall–Kier alpha value is -2.14. The number of nitrogens with one attached hydrogen (secondary N) is 2. The minimum absolute atomic E-state index is 0.130. The number of anilines is 1. The zero-order valence-corrected chi connectivity index (χ0v) is 13.1. The Kier molecular flexibility index (Phi) is 3.75. The molecule has 5 heteroatoms. The Balaban J connectivity index is 1.88. The van der Waals surface area contributed by atoms with Crippen LogP contribution in [0.25, 0.3) is 10.9 Å². The van der Waals surface area contributed by atoms with E-state index in [1.807, 2.05) is 24.3 Å². The summed E-state index contributed by atoms with van der Waals surface area (Å²) in [4.78, 5) is 19.2. The summed E-state index contributed by atoms with van der Waals surface area (Å²) in [6.45, 7) is 2.66. The fraction of sp³-hybridized carbons (Fsp3) is 0.125. The molecule has 3 aromatic rings. The predicted octanol–water partition coefficient (Wildman–Crippen LogP) is 3.61. The first kappa shape index (κ1) is 13.8. The van der Waals surface area contributed by atoms with Crippen molar-refractivity contribution in [2.75, 3.05) is 5.32 Å². The molecule has 0 saturated carbocycles. The minimum Gasteiger partial charge on any atom is -0.352 e. The van der Waals surface area contributed by atoms with E-state index >= 15 is 0 Å². The maximum Gasteiger partial charge on any atom is 0.260 e. The molecule has 3 rings (SSSR count). The van der Waals surface area contributed by atoms with Crippen molar-refractivity contribution >= 4 is 32.8 Å². The van der Waals surface area contributed by atoms with Gasteiger partial charge in [-0.3, -0.25) is 9.78 Å². The summed E-state index contributed by atoms with van der Waals surface area (Å²) in [7, 11) is 0. The number of aryl methyl sites for hydroxylation is 1. The second kappa shape index (κ2) is 5.69. The molecular weight excluding hydrogens is 330 g/mol. The molecule has 0 atom stereocenters. The van der Waals surface area contributed by atoms with E-state index in [0.29, 0.717) is 23.4 Å². The lowest BCUT2D eigenvalue weighted by molar-refractivity contribution is 1.04. The highest BCUT2D eigenvalue weighted by molar-refractivity contribution is 9.10. The third kappa shape index (κ3) is 2.97.